The molecule has 3 aromatic rings. The summed E-state index contributed by atoms with van der Waals surface area (Å²) in [5.74, 6) is -0.306. The van der Waals surface area contributed by atoms with Gasteiger partial charge in [0.15, 0.2) is 0 Å². The number of hydrogen-bond donors (Lipinski definition) is 3. The summed E-state index contributed by atoms with van der Waals surface area (Å²) in [4.78, 5) is 27.5. The highest BCUT2D eigenvalue weighted by atomic mass is 16.3. The van der Waals surface area contributed by atoms with E-state index in [1.807, 2.05) is 19.9 Å². The molecule has 0 aliphatic rings. The van der Waals surface area contributed by atoms with Gasteiger partial charge in [-0.25, -0.2) is 4.52 Å². The van der Waals surface area contributed by atoms with E-state index in [9.17, 15) is 14.7 Å². The maximum atomic E-state index is 12.6. The lowest BCUT2D eigenvalue weighted by molar-refractivity contribution is 0.0903. The molecule has 0 spiro atoms. The van der Waals surface area contributed by atoms with Crippen LogP contribution in [0.3, 0.4) is 0 Å². The molecule has 1 unspecified atom stereocenters. The van der Waals surface area contributed by atoms with Gasteiger partial charge < -0.3 is 15.4 Å². The van der Waals surface area contributed by atoms with E-state index in [-0.39, 0.29) is 16.9 Å². The number of amides is 1. The molecule has 1 aromatic carbocycles. The molecule has 2 heterocycles. The van der Waals surface area contributed by atoms with Crippen LogP contribution in [-0.2, 0) is 0 Å². The molecule has 2 aromatic heterocycles. The van der Waals surface area contributed by atoms with Gasteiger partial charge in [0.1, 0.15) is 11.2 Å². The molecule has 7 nitrogen and oxygen atoms in total. The minimum atomic E-state index is -0.438. The molecule has 3 rings (SSSR count). The largest absolute Gasteiger partial charge is 0.393 e. The standard InChI is InChI=1S/C18H22N4O3/c1-11(23)8-18(2,3)10-19-16(24)13-9-20-22-14-7-5-4-6-12(14)17(25)21-15(13)22/h4-7,9,11,23H,8,10H2,1-3H3,(H,19,24)(H,21,25). The van der Waals surface area contributed by atoms with Crippen LogP contribution in [0.25, 0.3) is 16.6 Å². The number of para-hydroxylation sites is 1. The van der Waals surface area contributed by atoms with Crippen LogP contribution in [0, 0.1) is 5.41 Å². The first-order valence-electron chi connectivity index (χ1n) is 8.23. The summed E-state index contributed by atoms with van der Waals surface area (Å²) in [7, 11) is 0. The van der Waals surface area contributed by atoms with E-state index in [1.165, 1.54) is 6.20 Å². The minimum absolute atomic E-state index is 0.243. The normalized spacial score (nSPS) is 13.3. The summed E-state index contributed by atoms with van der Waals surface area (Å²) in [6.45, 7) is 6.09. The Morgan fingerprint density at radius 3 is 2.84 bits per heavy atom. The average molecular weight is 342 g/mol. The highest BCUT2D eigenvalue weighted by molar-refractivity contribution is 6.00. The molecule has 132 valence electrons. The third-order valence-electron chi connectivity index (χ3n) is 4.20. The molecule has 0 saturated heterocycles. The van der Waals surface area contributed by atoms with Gasteiger partial charge in [0.2, 0.25) is 0 Å². The summed E-state index contributed by atoms with van der Waals surface area (Å²) >= 11 is 0. The molecular weight excluding hydrogens is 320 g/mol. The summed E-state index contributed by atoms with van der Waals surface area (Å²) < 4.78 is 1.56. The second-order valence-electron chi connectivity index (χ2n) is 7.19. The Balaban J connectivity index is 1.92. The van der Waals surface area contributed by atoms with Crippen LogP contribution in [-0.4, -0.2) is 38.3 Å². The van der Waals surface area contributed by atoms with Gasteiger partial charge >= 0.3 is 0 Å². The molecule has 1 atom stereocenters. The molecule has 7 heteroatoms. The van der Waals surface area contributed by atoms with E-state index in [4.69, 9.17) is 0 Å². The number of aliphatic hydroxyl groups excluding tert-OH is 1. The first-order valence-corrected chi connectivity index (χ1v) is 8.23. The van der Waals surface area contributed by atoms with Gasteiger partial charge in [-0.15, -0.1) is 0 Å². The molecule has 0 aliphatic carbocycles. The van der Waals surface area contributed by atoms with Crippen molar-refractivity contribution >= 4 is 22.5 Å². The lowest BCUT2D eigenvalue weighted by atomic mass is 9.87. The Hall–Kier alpha value is -2.67. The number of carbonyl (C=O) groups excluding carboxylic acids is 1. The van der Waals surface area contributed by atoms with Crippen molar-refractivity contribution in [2.45, 2.75) is 33.3 Å². The number of aromatic amines is 1. The molecule has 25 heavy (non-hydrogen) atoms. The third-order valence-corrected chi connectivity index (χ3v) is 4.20. The van der Waals surface area contributed by atoms with E-state index in [1.54, 1.807) is 29.6 Å². The fourth-order valence-corrected chi connectivity index (χ4v) is 3.13. The van der Waals surface area contributed by atoms with Crippen LogP contribution in [0.15, 0.2) is 35.3 Å². The van der Waals surface area contributed by atoms with Gasteiger partial charge in [-0.05, 0) is 30.9 Å². The van der Waals surface area contributed by atoms with Crippen LogP contribution in [0.1, 0.15) is 37.6 Å². The second kappa shape index (κ2) is 6.33. The lowest BCUT2D eigenvalue weighted by Gasteiger charge is -2.26. The number of carbonyl (C=O) groups is 1. The molecule has 1 amide bonds. The molecule has 3 N–H and O–H groups in total. The van der Waals surface area contributed by atoms with Crippen LogP contribution >= 0.6 is 0 Å². The maximum Gasteiger partial charge on any atom is 0.259 e. The minimum Gasteiger partial charge on any atom is -0.393 e. The highest BCUT2D eigenvalue weighted by Gasteiger charge is 2.23. The predicted molar refractivity (Wildman–Crippen MR) is 95.7 cm³/mol. The number of aliphatic hydroxyl groups is 1. The number of aromatic nitrogens is 3. The number of fused-ring (bicyclic) bond motifs is 3. The van der Waals surface area contributed by atoms with Crippen molar-refractivity contribution in [1.29, 1.82) is 0 Å². The van der Waals surface area contributed by atoms with Crippen molar-refractivity contribution in [1.82, 2.24) is 19.9 Å². The molecule has 0 saturated carbocycles. The maximum absolute atomic E-state index is 12.6. The van der Waals surface area contributed by atoms with Crippen molar-refractivity contribution in [3.63, 3.8) is 0 Å². The topological polar surface area (TPSA) is 99.5 Å². The monoisotopic (exact) mass is 342 g/mol. The fraction of sp³-hybridized carbons (Fsp3) is 0.389. The summed E-state index contributed by atoms with van der Waals surface area (Å²) in [6.07, 6.45) is 1.59. The SMILES string of the molecule is CC(O)CC(C)(C)CNC(=O)c1cnn2c1[nH]c(=O)c1ccccc12. The molecule has 0 fully saturated rings. The van der Waals surface area contributed by atoms with Crippen molar-refractivity contribution in [2.75, 3.05) is 6.54 Å². The van der Waals surface area contributed by atoms with Crippen molar-refractivity contribution in [3.8, 4) is 0 Å². The number of nitrogens with zero attached hydrogens (tertiary/aromatic N) is 2. The van der Waals surface area contributed by atoms with Gasteiger partial charge in [-0.3, -0.25) is 9.59 Å². The number of rotatable bonds is 5. The Morgan fingerprint density at radius 1 is 1.40 bits per heavy atom. The average Bonchev–Trinajstić information content (AvgIpc) is 2.96. The number of H-pyrrole nitrogens is 1. The Morgan fingerprint density at radius 2 is 2.12 bits per heavy atom. The summed E-state index contributed by atoms with van der Waals surface area (Å²) in [5.41, 5.74) is 0.833. The number of nitrogens with one attached hydrogen (secondary N) is 2. The fourth-order valence-electron chi connectivity index (χ4n) is 3.13. The first kappa shape index (κ1) is 17.2. The van der Waals surface area contributed by atoms with Gasteiger partial charge in [-0.1, -0.05) is 26.0 Å². The third kappa shape index (κ3) is 3.41. The van der Waals surface area contributed by atoms with Gasteiger partial charge in [0.25, 0.3) is 11.5 Å². The summed E-state index contributed by atoms with van der Waals surface area (Å²) in [5, 5.41) is 17.2. The molecule has 0 bridgehead atoms. The zero-order valence-electron chi connectivity index (χ0n) is 14.5. The lowest BCUT2D eigenvalue weighted by Crippen LogP contribution is -2.35. The molecular formula is C18H22N4O3. The second-order valence-corrected chi connectivity index (χ2v) is 7.19. The molecule has 0 radical (unpaired) electrons. The zero-order chi connectivity index (χ0) is 18.2. The van der Waals surface area contributed by atoms with E-state index in [0.717, 1.165) is 0 Å². The number of benzene rings is 1. The predicted octanol–water partition coefficient (Wildman–Crippen LogP) is 1.70. The van der Waals surface area contributed by atoms with Crippen molar-refractivity contribution in [3.05, 3.63) is 46.4 Å². The van der Waals surface area contributed by atoms with Crippen LogP contribution in [0.4, 0.5) is 0 Å². The smallest absolute Gasteiger partial charge is 0.259 e. The molecule has 0 aliphatic heterocycles. The number of hydrogen-bond acceptors (Lipinski definition) is 4. The quantitative estimate of drug-likeness (QED) is 0.657. The van der Waals surface area contributed by atoms with Gasteiger partial charge in [0.05, 0.1) is 23.2 Å². The van der Waals surface area contributed by atoms with Gasteiger partial charge in [0, 0.05) is 6.54 Å². The van der Waals surface area contributed by atoms with Crippen LogP contribution in [0.2, 0.25) is 0 Å². The van der Waals surface area contributed by atoms with E-state index in [0.29, 0.717) is 35.1 Å². The Bertz CT molecular complexity index is 985. The van der Waals surface area contributed by atoms with Crippen LogP contribution in [0.5, 0.6) is 0 Å². The Kier molecular flexibility index (Phi) is 4.34. The van der Waals surface area contributed by atoms with Gasteiger partial charge in [-0.2, -0.15) is 5.10 Å². The van der Waals surface area contributed by atoms with Crippen LogP contribution < -0.4 is 10.9 Å². The van der Waals surface area contributed by atoms with E-state index in [2.05, 4.69) is 15.4 Å². The highest BCUT2D eigenvalue weighted by Crippen LogP contribution is 2.21. The van der Waals surface area contributed by atoms with E-state index >= 15 is 0 Å². The van der Waals surface area contributed by atoms with E-state index < -0.39 is 6.10 Å². The zero-order valence-corrected chi connectivity index (χ0v) is 14.5. The first-order chi connectivity index (χ1) is 11.8. The van der Waals surface area contributed by atoms with Crippen molar-refractivity contribution < 1.29 is 9.90 Å². The van der Waals surface area contributed by atoms with Crippen molar-refractivity contribution in [2.24, 2.45) is 5.41 Å². The summed E-state index contributed by atoms with van der Waals surface area (Å²) in [6, 6.07) is 7.11. The Labute approximate surface area is 144 Å².